The molecule has 1 aromatic carbocycles. The fraction of sp³-hybridized carbons (Fsp3) is 0.571. The Balaban J connectivity index is 2.14. The van der Waals surface area contributed by atoms with E-state index < -0.39 is 0 Å². The number of hydrogen-bond donors (Lipinski definition) is 1. The molecule has 0 aliphatic carbocycles. The molecule has 0 radical (unpaired) electrons. The van der Waals surface area contributed by atoms with E-state index in [1.807, 2.05) is 6.07 Å². The van der Waals surface area contributed by atoms with Crippen molar-refractivity contribution in [2.24, 2.45) is 11.1 Å². The van der Waals surface area contributed by atoms with Crippen LogP contribution >= 0.6 is 0 Å². The van der Waals surface area contributed by atoms with E-state index in [9.17, 15) is 10.1 Å². The Morgan fingerprint density at radius 2 is 2.32 bits per heavy atom. The number of nitrogens with two attached hydrogens (primary N) is 1. The van der Waals surface area contributed by atoms with Crippen molar-refractivity contribution in [2.75, 3.05) is 19.6 Å². The number of benzene rings is 1. The highest BCUT2D eigenvalue weighted by Gasteiger charge is 2.35. The molecule has 2 N–H and O–H groups in total. The summed E-state index contributed by atoms with van der Waals surface area (Å²) in [6, 6.07) is 7.10. The third-order valence-corrected chi connectivity index (χ3v) is 4.19. The first-order valence-electron chi connectivity index (χ1n) is 6.64. The van der Waals surface area contributed by atoms with E-state index in [-0.39, 0.29) is 22.1 Å². The molecule has 19 heavy (non-hydrogen) atoms. The number of nitro groups is 1. The molecule has 1 aliphatic rings. The number of nitro benzene ring substituents is 1. The molecule has 2 unspecified atom stereocenters. The van der Waals surface area contributed by atoms with Crippen LogP contribution in [0.1, 0.15) is 31.9 Å². The van der Waals surface area contributed by atoms with Gasteiger partial charge < -0.3 is 5.73 Å². The second-order valence-corrected chi connectivity index (χ2v) is 5.76. The lowest BCUT2D eigenvalue weighted by Gasteiger charge is -2.27. The fourth-order valence-corrected chi connectivity index (χ4v) is 2.67. The molecule has 2 rings (SSSR count). The molecule has 5 nitrogen and oxygen atoms in total. The van der Waals surface area contributed by atoms with E-state index in [0.717, 1.165) is 25.1 Å². The molecule has 2 atom stereocenters. The molecular weight excluding hydrogens is 242 g/mol. The lowest BCUT2D eigenvalue weighted by Crippen LogP contribution is -2.32. The molecule has 104 valence electrons. The number of nitrogens with zero attached hydrogens (tertiary/aromatic N) is 2. The van der Waals surface area contributed by atoms with Crippen molar-refractivity contribution in [1.82, 2.24) is 4.90 Å². The van der Waals surface area contributed by atoms with Gasteiger partial charge in [-0.1, -0.05) is 19.1 Å². The van der Waals surface area contributed by atoms with Gasteiger partial charge in [0.1, 0.15) is 0 Å². The Hall–Kier alpha value is -1.46. The van der Waals surface area contributed by atoms with Gasteiger partial charge in [0.2, 0.25) is 0 Å². The summed E-state index contributed by atoms with van der Waals surface area (Å²) in [5.41, 5.74) is 7.15. The van der Waals surface area contributed by atoms with Gasteiger partial charge in [-0.15, -0.1) is 0 Å². The third kappa shape index (κ3) is 2.93. The van der Waals surface area contributed by atoms with E-state index in [1.54, 1.807) is 12.1 Å². The predicted molar refractivity (Wildman–Crippen MR) is 74.9 cm³/mol. The van der Waals surface area contributed by atoms with Crippen LogP contribution < -0.4 is 5.73 Å². The second kappa shape index (κ2) is 5.27. The first-order chi connectivity index (χ1) is 8.95. The molecule has 1 heterocycles. The van der Waals surface area contributed by atoms with Gasteiger partial charge in [-0.25, -0.2) is 0 Å². The molecule has 1 aliphatic heterocycles. The molecule has 0 spiro atoms. The zero-order valence-corrected chi connectivity index (χ0v) is 11.5. The quantitative estimate of drug-likeness (QED) is 0.668. The zero-order chi connectivity index (χ0) is 14.0. The average Bonchev–Trinajstić information content (AvgIpc) is 2.81. The minimum Gasteiger partial charge on any atom is -0.330 e. The molecule has 0 aromatic heterocycles. The van der Waals surface area contributed by atoms with Crippen molar-refractivity contribution in [2.45, 2.75) is 26.3 Å². The van der Waals surface area contributed by atoms with Gasteiger partial charge in [0.15, 0.2) is 0 Å². The van der Waals surface area contributed by atoms with Crippen LogP contribution in [0.4, 0.5) is 5.69 Å². The van der Waals surface area contributed by atoms with Crippen LogP contribution in [0.5, 0.6) is 0 Å². The van der Waals surface area contributed by atoms with E-state index in [4.69, 9.17) is 5.73 Å². The van der Waals surface area contributed by atoms with Crippen LogP contribution in [-0.4, -0.2) is 29.5 Å². The van der Waals surface area contributed by atoms with E-state index >= 15 is 0 Å². The molecule has 1 saturated heterocycles. The molecule has 0 amide bonds. The largest absolute Gasteiger partial charge is 0.330 e. The Bertz CT molecular complexity index is 478. The molecule has 1 aromatic rings. The summed E-state index contributed by atoms with van der Waals surface area (Å²) in [6.07, 6.45) is 1.09. The highest BCUT2D eigenvalue weighted by atomic mass is 16.6. The predicted octanol–water partition coefficient (Wildman–Crippen LogP) is 2.33. The first kappa shape index (κ1) is 14.0. The average molecular weight is 263 g/mol. The summed E-state index contributed by atoms with van der Waals surface area (Å²) >= 11 is 0. The smallest absolute Gasteiger partial charge is 0.269 e. The monoisotopic (exact) mass is 263 g/mol. The zero-order valence-electron chi connectivity index (χ0n) is 11.5. The van der Waals surface area contributed by atoms with Crippen molar-refractivity contribution in [3.8, 4) is 0 Å². The Kier molecular flexibility index (Phi) is 3.87. The summed E-state index contributed by atoms with van der Waals surface area (Å²) in [5, 5.41) is 10.8. The highest BCUT2D eigenvalue weighted by molar-refractivity contribution is 5.35. The van der Waals surface area contributed by atoms with Crippen LogP contribution in [0.3, 0.4) is 0 Å². The molecule has 0 saturated carbocycles. The second-order valence-electron chi connectivity index (χ2n) is 5.76. The lowest BCUT2D eigenvalue weighted by atomic mass is 9.90. The number of rotatable bonds is 4. The maximum atomic E-state index is 10.8. The molecule has 0 bridgehead atoms. The molecule has 5 heteroatoms. The minimum atomic E-state index is -0.343. The normalized spacial score (nSPS) is 25.4. The fourth-order valence-electron chi connectivity index (χ4n) is 2.67. The first-order valence-corrected chi connectivity index (χ1v) is 6.64. The van der Waals surface area contributed by atoms with Gasteiger partial charge in [0.05, 0.1) is 4.92 Å². The summed E-state index contributed by atoms with van der Waals surface area (Å²) in [4.78, 5) is 12.8. The van der Waals surface area contributed by atoms with Gasteiger partial charge in [-0.2, -0.15) is 0 Å². The lowest BCUT2D eigenvalue weighted by molar-refractivity contribution is -0.384. The number of likely N-dealkylation sites (tertiary alicyclic amines) is 1. The van der Waals surface area contributed by atoms with Crippen molar-refractivity contribution >= 4 is 5.69 Å². The van der Waals surface area contributed by atoms with Gasteiger partial charge >= 0.3 is 0 Å². The SMILES string of the molecule is CC(c1cccc([N+](=O)[O-])c1)N1CCC(C)(CN)C1. The van der Waals surface area contributed by atoms with Crippen molar-refractivity contribution in [3.05, 3.63) is 39.9 Å². The number of non-ortho nitro benzene ring substituents is 1. The summed E-state index contributed by atoms with van der Waals surface area (Å²) < 4.78 is 0. The summed E-state index contributed by atoms with van der Waals surface area (Å²) in [5.74, 6) is 0. The standard InChI is InChI=1S/C14H21N3O2/c1-11(16-7-6-14(2,9-15)10-16)12-4-3-5-13(8-12)17(18)19/h3-5,8,11H,6-7,9-10,15H2,1-2H3. The van der Waals surface area contributed by atoms with Gasteiger partial charge in [-0.05, 0) is 37.4 Å². The van der Waals surface area contributed by atoms with E-state index in [2.05, 4.69) is 18.7 Å². The topological polar surface area (TPSA) is 72.4 Å². The summed E-state index contributed by atoms with van der Waals surface area (Å²) in [7, 11) is 0. The van der Waals surface area contributed by atoms with Crippen LogP contribution in [0.15, 0.2) is 24.3 Å². The van der Waals surface area contributed by atoms with Crippen molar-refractivity contribution in [3.63, 3.8) is 0 Å². The van der Waals surface area contributed by atoms with Gasteiger partial charge in [0, 0.05) is 24.7 Å². The Morgan fingerprint density at radius 1 is 1.58 bits per heavy atom. The van der Waals surface area contributed by atoms with E-state index in [1.165, 1.54) is 6.07 Å². The minimum absolute atomic E-state index is 0.158. The van der Waals surface area contributed by atoms with Crippen molar-refractivity contribution in [1.29, 1.82) is 0 Å². The maximum Gasteiger partial charge on any atom is 0.269 e. The Morgan fingerprint density at radius 3 is 2.89 bits per heavy atom. The van der Waals surface area contributed by atoms with Crippen LogP contribution in [0.2, 0.25) is 0 Å². The highest BCUT2D eigenvalue weighted by Crippen LogP contribution is 2.34. The van der Waals surface area contributed by atoms with Gasteiger partial charge in [-0.3, -0.25) is 15.0 Å². The molecule has 1 fully saturated rings. The Labute approximate surface area is 113 Å². The van der Waals surface area contributed by atoms with Crippen LogP contribution in [0, 0.1) is 15.5 Å². The van der Waals surface area contributed by atoms with Crippen LogP contribution in [-0.2, 0) is 0 Å². The van der Waals surface area contributed by atoms with Crippen molar-refractivity contribution < 1.29 is 4.92 Å². The molecular formula is C14H21N3O2. The van der Waals surface area contributed by atoms with E-state index in [0.29, 0.717) is 6.54 Å². The number of hydrogen-bond acceptors (Lipinski definition) is 4. The third-order valence-electron chi connectivity index (χ3n) is 4.19. The van der Waals surface area contributed by atoms with Gasteiger partial charge in [0.25, 0.3) is 5.69 Å². The summed E-state index contributed by atoms with van der Waals surface area (Å²) in [6.45, 7) is 6.94. The van der Waals surface area contributed by atoms with Crippen LogP contribution in [0.25, 0.3) is 0 Å². The maximum absolute atomic E-state index is 10.8.